The first-order valence-electron chi connectivity index (χ1n) is 10.6. The molecule has 1 N–H and O–H groups in total. The Labute approximate surface area is 180 Å². The van der Waals surface area contributed by atoms with Crippen molar-refractivity contribution in [3.63, 3.8) is 0 Å². The molecule has 30 heavy (non-hydrogen) atoms. The fourth-order valence-electron chi connectivity index (χ4n) is 3.63. The minimum atomic E-state index is -3.50. The Morgan fingerprint density at radius 1 is 1.17 bits per heavy atom. The number of sulfonamides is 1. The average Bonchev–Trinajstić information content (AvgIpc) is 2.76. The van der Waals surface area contributed by atoms with Crippen molar-refractivity contribution < 1.29 is 17.9 Å². The topological polar surface area (TPSA) is 67.9 Å². The standard InChI is InChI=1S/C23H32N2O4S/c1-3-28-22-12-11-21(17-19(22)2)30(26,27)24-13-7-8-14-25-15-16-29-23(18-25)20-9-5-4-6-10-20/h4-6,9-12,17,23-24H,3,7-8,13-16,18H2,1-2H3. The molecule has 0 spiro atoms. The molecule has 0 aliphatic carbocycles. The maximum Gasteiger partial charge on any atom is 0.240 e. The molecule has 6 nitrogen and oxygen atoms in total. The van der Waals surface area contributed by atoms with Crippen LogP contribution in [0.5, 0.6) is 5.75 Å². The second kappa shape index (κ2) is 10.9. The zero-order valence-electron chi connectivity index (χ0n) is 17.8. The SMILES string of the molecule is CCOc1ccc(S(=O)(=O)NCCCCN2CCOC(c3ccccc3)C2)cc1C. The fourth-order valence-corrected chi connectivity index (χ4v) is 4.79. The van der Waals surface area contributed by atoms with Gasteiger partial charge in [0.15, 0.2) is 0 Å². The van der Waals surface area contributed by atoms with Gasteiger partial charge in [-0.05, 0) is 62.6 Å². The highest BCUT2D eigenvalue weighted by Crippen LogP contribution is 2.23. The Bertz CT molecular complexity index is 903. The summed E-state index contributed by atoms with van der Waals surface area (Å²) in [4.78, 5) is 2.67. The molecule has 0 aromatic heterocycles. The summed E-state index contributed by atoms with van der Waals surface area (Å²) < 4.78 is 39.2. The zero-order chi connectivity index (χ0) is 21.4. The van der Waals surface area contributed by atoms with Crippen LogP contribution in [0.15, 0.2) is 53.4 Å². The van der Waals surface area contributed by atoms with Crippen molar-refractivity contribution in [1.82, 2.24) is 9.62 Å². The summed E-state index contributed by atoms with van der Waals surface area (Å²) in [5.41, 5.74) is 2.03. The van der Waals surface area contributed by atoms with Crippen molar-refractivity contribution in [2.24, 2.45) is 0 Å². The number of aryl methyl sites for hydroxylation is 1. The van der Waals surface area contributed by atoms with Crippen molar-refractivity contribution in [3.05, 3.63) is 59.7 Å². The van der Waals surface area contributed by atoms with E-state index in [0.29, 0.717) is 13.2 Å². The third-order valence-electron chi connectivity index (χ3n) is 5.27. The lowest BCUT2D eigenvalue weighted by Gasteiger charge is -2.33. The number of morpholine rings is 1. The van der Waals surface area contributed by atoms with E-state index in [1.807, 2.05) is 32.0 Å². The van der Waals surface area contributed by atoms with Crippen LogP contribution in [-0.4, -0.2) is 52.7 Å². The first-order chi connectivity index (χ1) is 14.5. The van der Waals surface area contributed by atoms with E-state index >= 15 is 0 Å². The Morgan fingerprint density at radius 3 is 2.70 bits per heavy atom. The molecule has 1 atom stereocenters. The quantitative estimate of drug-likeness (QED) is 0.582. The van der Waals surface area contributed by atoms with E-state index < -0.39 is 10.0 Å². The largest absolute Gasteiger partial charge is 0.494 e. The molecular formula is C23H32N2O4S. The normalized spacial score (nSPS) is 17.7. The van der Waals surface area contributed by atoms with Gasteiger partial charge >= 0.3 is 0 Å². The van der Waals surface area contributed by atoms with Crippen molar-refractivity contribution in [2.45, 2.75) is 37.7 Å². The number of unbranched alkanes of at least 4 members (excludes halogenated alkanes) is 1. The van der Waals surface area contributed by atoms with Crippen molar-refractivity contribution in [2.75, 3.05) is 39.4 Å². The summed E-state index contributed by atoms with van der Waals surface area (Å²) in [5, 5.41) is 0. The maximum absolute atomic E-state index is 12.5. The highest BCUT2D eigenvalue weighted by molar-refractivity contribution is 7.89. The molecule has 3 rings (SSSR count). The Balaban J connectivity index is 1.42. The van der Waals surface area contributed by atoms with Crippen molar-refractivity contribution in [1.29, 1.82) is 0 Å². The molecule has 1 fully saturated rings. The first kappa shape index (κ1) is 22.7. The van der Waals surface area contributed by atoms with Crippen LogP contribution in [0.3, 0.4) is 0 Å². The molecule has 1 saturated heterocycles. The zero-order valence-corrected chi connectivity index (χ0v) is 18.7. The summed E-state index contributed by atoms with van der Waals surface area (Å²) in [6.07, 6.45) is 1.84. The summed E-state index contributed by atoms with van der Waals surface area (Å²) in [7, 11) is -3.50. The van der Waals surface area contributed by atoms with Crippen LogP contribution in [0.4, 0.5) is 0 Å². The van der Waals surface area contributed by atoms with Gasteiger partial charge in [-0.2, -0.15) is 0 Å². The third-order valence-corrected chi connectivity index (χ3v) is 6.73. The molecule has 0 radical (unpaired) electrons. The number of benzene rings is 2. The van der Waals surface area contributed by atoms with Gasteiger partial charge in [-0.15, -0.1) is 0 Å². The Morgan fingerprint density at radius 2 is 1.97 bits per heavy atom. The van der Waals surface area contributed by atoms with Crippen LogP contribution in [0, 0.1) is 6.92 Å². The number of hydrogen-bond donors (Lipinski definition) is 1. The summed E-state index contributed by atoms with van der Waals surface area (Å²) in [5.74, 6) is 0.718. The number of rotatable bonds is 10. The van der Waals surface area contributed by atoms with E-state index in [2.05, 4.69) is 21.8 Å². The molecule has 7 heteroatoms. The van der Waals surface area contributed by atoms with Gasteiger partial charge in [0.1, 0.15) is 5.75 Å². The van der Waals surface area contributed by atoms with Gasteiger partial charge < -0.3 is 9.47 Å². The fraction of sp³-hybridized carbons (Fsp3) is 0.478. The predicted octanol–water partition coefficient (Wildman–Crippen LogP) is 3.53. The second-order valence-corrected chi connectivity index (χ2v) is 9.30. The second-order valence-electron chi connectivity index (χ2n) is 7.54. The number of nitrogens with zero attached hydrogens (tertiary/aromatic N) is 1. The van der Waals surface area contributed by atoms with Gasteiger partial charge in [-0.25, -0.2) is 13.1 Å². The lowest BCUT2D eigenvalue weighted by Crippen LogP contribution is -2.39. The van der Waals surface area contributed by atoms with E-state index in [1.54, 1.807) is 18.2 Å². The Kier molecular flexibility index (Phi) is 8.27. The van der Waals surface area contributed by atoms with Gasteiger partial charge in [0.05, 0.1) is 24.2 Å². The Hall–Kier alpha value is -1.93. The van der Waals surface area contributed by atoms with E-state index in [1.165, 1.54) is 5.56 Å². The molecule has 2 aromatic carbocycles. The number of nitrogens with one attached hydrogen (secondary N) is 1. The highest BCUT2D eigenvalue weighted by Gasteiger charge is 2.21. The molecule has 1 aliphatic rings. The molecule has 1 unspecified atom stereocenters. The molecule has 164 valence electrons. The van der Waals surface area contributed by atoms with Crippen LogP contribution >= 0.6 is 0 Å². The van der Waals surface area contributed by atoms with Crippen molar-refractivity contribution >= 4 is 10.0 Å². The van der Waals surface area contributed by atoms with E-state index in [4.69, 9.17) is 9.47 Å². The van der Waals surface area contributed by atoms with Crippen molar-refractivity contribution in [3.8, 4) is 5.75 Å². The van der Waals surface area contributed by atoms with Gasteiger partial charge in [-0.3, -0.25) is 4.90 Å². The lowest BCUT2D eigenvalue weighted by molar-refractivity contribution is -0.0303. The van der Waals surface area contributed by atoms with E-state index in [9.17, 15) is 8.42 Å². The molecular weight excluding hydrogens is 400 g/mol. The van der Waals surface area contributed by atoms with Gasteiger partial charge in [0.2, 0.25) is 10.0 Å². The summed E-state index contributed by atoms with van der Waals surface area (Å²) in [6.45, 7) is 8.21. The maximum atomic E-state index is 12.5. The van der Waals surface area contributed by atoms with Crippen LogP contribution in [-0.2, 0) is 14.8 Å². The van der Waals surface area contributed by atoms with Crippen LogP contribution in [0.2, 0.25) is 0 Å². The number of hydrogen-bond acceptors (Lipinski definition) is 5. The number of ether oxygens (including phenoxy) is 2. The van der Waals surface area contributed by atoms with Gasteiger partial charge in [0.25, 0.3) is 0 Å². The molecule has 1 aliphatic heterocycles. The smallest absolute Gasteiger partial charge is 0.240 e. The first-order valence-corrected chi connectivity index (χ1v) is 12.1. The molecule has 1 heterocycles. The van der Waals surface area contributed by atoms with E-state index in [0.717, 1.165) is 50.4 Å². The average molecular weight is 433 g/mol. The molecule has 2 aromatic rings. The van der Waals surface area contributed by atoms with Crippen LogP contribution in [0.1, 0.15) is 37.0 Å². The minimum Gasteiger partial charge on any atom is -0.494 e. The molecule has 0 amide bonds. The third kappa shape index (κ3) is 6.28. The van der Waals surface area contributed by atoms with Gasteiger partial charge in [0, 0.05) is 19.6 Å². The molecule has 0 bridgehead atoms. The predicted molar refractivity (Wildman–Crippen MR) is 118 cm³/mol. The van der Waals surface area contributed by atoms with Crippen LogP contribution in [0.25, 0.3) is 0 Å². The summed E-state index contributed by atoms with van der Waals surface area (Å²) >= 11 is 0. The van der Waals surface area contributed by atoms with Gasteiger partial charge in [-0.1, -0.05) is 30.3 Å². The highest BCUT2D eigenvalue weighted by atomic mass is 32.2. The lowest BCUT2D eigenvalue weighted by atomic mass is 10.1. The van der Waals surface area contributed by atoms with Crippen LogP contribution < -0.4 is 9.46 Å². The minimum absolute atomic E-state index is 0.112. The van der Waals surface area contributed by atoms with E-state index in [-0.39, 0.29) is 11.0 Å². The summed E-state index contributed by atoms with van der Waals surface area (Å²) in [6, 6.07) is 15.3. The monoisotopic (exact) mass is 432 g/mol. The molecule has 0 saturated carbocycles.